The number of carbonyl (C=O) groups is 2. The highest BCUT2D eigenvalue weighted by molar-refractivity contribution is 7.99. The van der Waals surface area contributed by atoms with Crippen LogP contribution in [0.25, 0.3) is 0 Å². The number of aromatic nitrogens is 1. The van der Waals surface area contributed by atoms with Crippen LogP contribution in [-0.4, -0.2) is 67.1 Å². The summed E-state index contributed by atoms with van der Waals surface area (Å²) in [5.74, 6) is -0.397. The Hall–Kier alpha value is -2.44. The number of nitrogens with zero attached hydrogens (tertiary/aromatic N) is 5. The molecule has 1 saturated heterocycles. The van der Waals surface area contributed by atoms with Crippen LogP contribution in [0.2, 0.25) is 5.15 Å². The molecule has 0 aliphatic carbocycles. The van der Waals surface area contributed by atoms with Crippen molar-refractivity contribution in [2.75, 3.05) is 65.4 Å². The van der Waals surface area contributed by atoms with E-state index in [0.717, 1.165) is 41.9 Å². The van der Waals surface area contributed by atoms with Gasteiger partial charge in [-0.1, -0.05) is 35.7 Å². The molecule has 8 nitrogen and oxygen atoms in total. The Labute approximate surface area is 227 Å². The Bertz CT molecular complexity index is 1280. The maximum Gasteiger partial charge on any atom is 0.260 e. The van der Waals surface area contributed by atoms with E-state index in [-0.39, 0.29) is 18.4 Å². The Morgan fingerprint density at radius 1 is 1.17 bits per heavy atom. The van der Waals surface area contributed by atoms with Crippen LogP contribution in [0.4, 0.5) is 22.2 Å². The molecule has 12 heteroatoms. The number of benzene rings is 2. The number of amides is 2. The number of anilines is 4. The van der Waals surface area contributed by atoms with E-state index < -0.39 is 0 Å². The number of hydrogen-bond donors (Lipinski definition) is 1. The summed E-state index contributed by atoms with van der Waals surface area (Å²) in [6.07, 6.45) is 1.96. The standard InChI is InChI=1S/C24H25ClN6O2S3/c1-28(34-2)19-6-4-3-5-17(19)23(33)31-14-22(32)26-18-13-16(7-8-20(18)31)36-30-11-9-29(10-12-30)24-27-21(25)15-35-24/h3-8,13,15H,9-12,14H2,1-2H3,(H,26,32). The molecule has 1 aromatic heterocycles. The van der Waals surface area contributed by atoms with Gasteiger partial charge in [0.05, 0.1) is 22.6 Å². The van der Waals surface area contributed by atoms with Crippen molar-refractivity contribution in [3.05, 3.63) is 58.6 Å². The van der Waals surface area contributed by atoms with E-state index in [1.165, 1.54) is 11.9 Å². The molecule has 0 saturated carbocycles. The van der Waals surface area contributed by atoms with Crippen LogP contribution >= 0.6 is 46.8 Å². The molecular weight excluding hydrogens is 536 g/mol. The second-order valence-electron chi connectivity index (χ2n) is 8.28. The van der Waals surface area contributed by atoms with Gasteiger partial charge < -0.3 is 14.5 Å². The van der Waals surface area contributed by atoms with E-state index in [1.54, 1.807) is 34.3 Å². The van der Waals surface area contributed by atoms with Gasteiger partial charge >= 0.3 is 0 Å². The van der Waals surface area contributed by atoms with Gasteiger partial charge in [0, 0.05) is 49.8 Å². The molecule has 3 heterocycles. The van der Waals surface area contributed by atoms with Gasteiger partial charge in [0.25, 0.3) is 5.91 Å². The summed E-state index contributed by atoms with van der Waals surface area (Å²) < 4.78 is 4.25. The van der Waals surface area contributed by atoms with Crippen molar-refractivity contribution in [1.29, 1.82) is 0 Å². The van der Waals surface area contributed by atoms with Gasteiger partial charge in [0.2, 0.25) is 5.91 Å². The molecule has 2 aliphatic heterocycles. The number of nitrogens with one attached hydrogen (secondary N) is 1. The first-order valence-electron chi connectivity index (χ1n) is 11.3. The van der Waals surface area contributed by atoms with E-state index in [1.807, 2.05) is 59.4 Å². The first-order chi connectivity index (χ1) is 17.4. The van der Waals surface area contributed by atoms with Crippen LogP contribution in [-0.2, 0) is 4.79 Å². The van der Waals surface area contributed by atoms with Crippen molar-refractivity contribution in [2.24, 2.45) is 0 Å². The van der Waals surface area contributed by atoms with Crippen LogP contribution in [0.3, 0.4) is 0 Å². The first-order valence-corrected chi connectivity index (χ1v) is 14.6. The van der Waals surface area contributed by atoms with Crippen LogP contribution in [0.15, 0.2) is 52.7 Å². The molecule has 1 N–H and O–H groups in total. The zero-order chi connectivity index (χ0) is 25.2. The third kappa shape index (κ3) is 5.30. The van der Waals surface area contributed by atoms with Crippen molar-refractivity contribution in [2.45, 2.75) is 4.90 Å². The third-order valence-corrected chi connectivity index (χ3v) is 9.09. The molecule has 0 spiro atoms. The quantitative estimate of drug-likeness (QED) is 0.425. The normalized spacial score (nSPS) is 16.0. The Balaban J connectivity index is 1.31. The van der Waals surface area contributed by atoms with Crippen LogP contribution in [0, 0.1) is 0 Å². The highest BCUT2D eigenvalue weighted by Gasteiger charge is 2.30. The van der Waals surface area contributed by atoms with Gasteiger partial charge in [-0.15, -0.1) is 11.3 Å². The lowest BCUT2D eigenvalue weighted by Gasteiger charge is -2.34. The van der Waals surface area contributed by atoms with Crippen molar-refractivity contribution >= 4 is 80.8 Å². The van der Waals surface area contributed by atoms with Crippen molar-refractivity contribution < 1.29 is 9.59 Å². The van der Waals surface area contributed by atoms with Gasteiger partial charge in [-0.05, 0) is 42.3 Å². The SMILES string of the molecule is CSN(C)c1ccccc1C(=O)N1CC(=O)Nc2cc(SN3CCN(c4nc(Cl)cs4)CC3)ccc21. The maximum atomic E-state index is 13.6. The topological polar surface area (TPSA) is 72.0 Å². The molecule has 0 radical (unpaired) electrons. The van der Waals surface area contributed by atoms with Crippen molar-refractivity contribution in [3.63, 3.8) is 0 Å². The molecule has 0 atom stereocenters. The van der Waals surface area contributed by atoms with E-state index in [0.29, 0.717) is 22.1 Å². The minimum absolute atomic E-state index is 0.0155. The van der Waals surface area contributed by atoms with E-state index >= 15 is 0 Å². The van der Waals surface area contributed by atoms with Crippen molar-refractivity contribution in [3.8, 4) is 0 Å². The number of hydrogen-bond acceptors (Lipinski definition) is 9. The zero-order valence-corrected chi connectivity index (χ0v) is 23.0. The molecule has 188 valence electrons. The summed E-state index contributed by atoms with van der Waals surface area (Å²) in [6, 6.07) is 13.4. The summed E-state index contributed by atoms with van der Waals surface area (Å²) in [7, 11) is 1.92. The molecule has 3 aromatic rings. The fraction of sp³-hybridized carbons (Fsp3) is 0.292. The summed E-state index contributed by atoms with van der Waals surface area (Å²) in [5, 5.41) is 6.29. The Kier molecular flexibility index (Phi) is 7.63. The lowest BCUT2D eigenvalue weighted by Crippen LogP contribution is -2.43. The smallest absolute Gasteiger partial charge is 0.260 e. The minimum Gasteiger partial charge on any atom is -0.345 e. The first kappa shape index (κ1) is 25.2. The average Bonchev–Trinajstić information content (AvgIpc) is 3.33. The number of piperazine rings is 1. The van der Waals surface area contributed by atoms with Crippen LogP contribution in [0.5, 0.6) is 0 Å². The molecule has 0 bridgehead atoms. The fourth-order valence-electron chi connectivity index (χ4n) is 4.19. The van der Waals surface area contributed by atoms with Crippen LogP contribution in [0.1, 0.15) is 10.4 Å². The third-order valence-electron chi connectivity index (χ3n) is 6.04. The summed E-state index contributed by atoms with van der Waals surface area (Å²) in [4.78, 5) is 35.3. The largest absolute Gasteiger partial charge is 0.345 e. The van der Waals surface area contributed by atoms with Gasteiger partial charge in [-0.25, -0.2) is 9.29 Å². The predicted octanol–water partition coefficient (Wildman–Crippen LogP) is 4.94. The fourth-order valence-corrected chi connectivity index (χ4v) is 6.49. The highest BCUT2D eigenvalue weighted by Crippen LogP contribution is 2.37. The molecule has 36 heavy (non-hydrogen) atoms. The Morgan fingerprint density at radius 2 is 1.94 bits per heavy atom. The molecular formula is C24H25ClN6O2S3. The average molecular weight is 561 g/mol. The predicted molar refractivity (Wildman–Crippen MR) is 152 cm³/mol. The van der Waals surface area contributed by atoms with Gasteiger partial charge in [-0.2, -0.15) is 0 Å². The number of para-hydroxylation sites is 1. The minimum atomic E-state index is -0.204. The van der Waals surface area contributed by atoms with Crippen LogP contribution < -0.4 is 19.4 Å². The lowest BCUT2D eigenvalue weighted by atomic mass is 10.1. The van der Waals surface area contributed by atoms with Gasteiger partial charge in [0.1, 0.15) is 11.7 Å². The molecule has 0 unspecified atom stereocenters. The summed E-state index contributed by atoms with van der Waals surface area (Å²) >= 11 is 10.7. The van der Waals surface area contributed by atoms with E-state index in [4.69, 9.17) is 11.6 Å². The molecule has 1 fully saturated rings. The zero-order valence-electron chi connectivity index (χ0n) is 19.8. The molecule has 2 aliphatic rings. The van der Waals surface area contributed by atoms with Crippen molar-refractivity contribution in [1.82, 2.24) is 9.29 Å². The lowest BCUT2D eigenvalue weighted by molar-refractivity contribution is -0.115. The van der Waals surface area contributed by atoms with E-state index in [2.05, 4.69) is 19.5 Å². The second-order valence-corrected chi connectivity index (χ2v) is 11.6. The number of fused-ring (bicyclic) bond motifs is 1. The number of rotatable bonds is 6. The number of halogens is 1. The summed E-state index contributed by atoms with van der Waals surface area (Å²) in [5.41, 5.74) is 2.73. The Morgan fingerprint density at radius 3 is 2.67 bits per heavy atom. The number of carbonyl (C=O) groups excluding carboxylic acids is 2. The molecule has 5 rings (SSSR count). The van der Waals surface area contributed by atoms with Gasteiger partial charge in [0.15, 0.2) is 5.13 Å². The van der Waals surface area contributed by atoms with E-state index in [9.17, 15) is 9.59 Å². The molecule has 2 amide bonds. The second kappa shape index (κ2) is 10.9. The number of thiazole rings is 1. The van der Waals surface area contributed by atoms with Gasteiger partial charge in [-0.3, -0.25) is 14.5 Å². The maximum absolute atomic E-state index is 13.6. The highest BCUT2D eigenvalue weighted by atomic mass is 35.5. The molecule has 2 aromatic carbocycles. The summed E-state index contributed by atoms with van der Waals surface area (Å²) in [6.45, 7) is 3.46. The monoisotopic (exact) mass is 560 g/mol.